The molecule has 15 heteroatoms. The van der Waals surface area contributed by atoms with Gasteiger partial charge >= 0.3 is 5.97 Å². The third-order valence-corrected chi connectivity index (χ3v) is 10.7. The van der Waals surface area contributed by atoms with Crippen molar-refractivity contribution in [2.75, 3.05) is 5.32 Å². The van der Waals surface area contributed by atoms with Crippen LogP contribution in [0.1, 0.15) is 40.8 Å². The number of carbonyl (C=O) groups is 3. The Labute approximate surface area is 298 Å². The smallest absolute Gasteiger partial charge is 0.355 e. The molecule has 0 fully saturated rings. The summed E-state index contributed by atoms with van der Waals surface area (Å²) < 4.78 is 7.65. The Balaban J connectivity index is 1.11. The highest BCUT2D eigenvalue weighted by atomic mass is 79.9. The molecule has 0 saturated carbocycles. The Morgan fingerprint density at radius 1 is 0.875 bits per heavy atom. The lowest BCUT2D eigenvalue weighted by Crippen LogP contribution is -2.18. The number of ether oxygens (including phenoxy) is 1. The number of esters is 1. The molecule has 0 aliphatic heterocycles. The number of nitrogens with one attached hydrogen (secondary N) is 2. The van der Waals surface area contributed by atoms with Gasteiger partial charge in [-0.2, -0.15) is 5.10 Å². The van der Waals surface area contributed by atoms with Crippen molar-refractivity contribution >= 4 is 117 Å². The summed E-state index contributed by atoms with van der Waals surface area (Å²) in [4.78, 5) is 49.9. The van der Waals surface area contributed by atoms with Gasteiger partial charge in [0.15, 0.2) is 0 Å². The van der Waals surface area contributed by atoms with Gasteiger partial charge in [0.25, 0.3) is 17.5 Å². The number of thiophene rings is 2. The van der Waals surface area contributed by atoms with Gasteiger partial charge in [-0.3, -0.25) is 19.7 Å². The van der Waals surface area contributed by atoms with Gasteiger partial charge < -0.3 is 10.1 Å². The molecule has 0 aliphatic rings. The van der Waals surface area contributed by atoms with Gasteiger partial charge in [-0.05, 0) is 67.1 Å². The van der Waals surface area contributed by atoms with Crippen LogP contribution in [0.5, 0.6) is 5.75 Å². The largest absolute Gasteiger partial charge is 0.422 e. The fraction of sp³-hybridized carbons (Fsp3) is 0.0303. The molecule has 4 aromatic carbocycles. The maximum Gasteiger partial charge on any atom is 0.355 e. The number of anilines is 1. The number of benzene rings is 4. The van der Waals surface area contributed by atoms with E-state index in [2.05, 4.69) is 31.8 Å². The lowest BCUT2D eigenvalue weighted by Gasteiger charge is -2.08. The summed E-state index contributed by atoms with van der Waals surface area (Å²) >= 11 is 18.5. The Kier molecular flexibility index (Phi) is 9.58. The van der Waals surface area contributed by atoms with E-state index in [4.69, 9.17) is 27.9 Å². The van der Waals surface area contributed by atoms with Crippen LogP contribution in [0, 0.1) is 17.0 Å². The zero-order valence-electron chi connectivity index (χ0n) is 24.4. The second kappa shape index (κ2) is 13.8. The molecule has 2 N–H and O–H groups in total. The predicted octanol–water partition coefficient (Wildman–Crippen LogP) is 9.64. The summed E-state index contributed by atoms with van der Waals surface area (Å²) in [6.07, 6.45) is 1.31. The topological polar surface area (TPSA) is 140 Å². The number of aryl methyl sites for hydroxylation is 1. The fourth-order valence-electron chi connectivity index (χ4n) is 4.59. The molecule has 2 heterocycles. The lowest BCUT2D eigenvalue weighted by molar-refractivity contribution is -0.384. The zero-order chi connectivity index (χ0) is 34.1. The van der Waals surface area contributed by atoms with E-state index >= 15 is 0 Å². The SMILES string of the molecule is Cc1ccc2c(Cl)c(C(=O)Nc3ccc(C(=O)N/N=C\c4cc(Br)ccc4OC(=O)c4sc5cc([N+](=O)[O-])ccc5c4Cl)cc3)sc2c1. The number of carbonyl (C=O) groups excluding carboxylic acids is 3. The van der Waals surface area contributed by atoms with Gasteiger partial charge in [0.1, 0.15) is 15.5 Å². The fourth-order valence-corrected chi connectivity index (χ4v) is 7.90. The summed E-state index contributed by atoms with van der Waals surface area (Å²) in [5.74, 6) is -1.51. The summed E-state index contributed by atoms with van der Waals surface area (Å²) in [5, 5.41) is 19.8. The van der Waals surface area contributed by atoms with Gasteiger partial charge in [-0.25, -0.2) is 10.2 Å². The molecule has 0 aliphatic carbocycles. The van der Waals surface area contributed by atoms with Crippen molar-refractivity contribution in [2.45, 2.75) is 6.92 Å². The van der Waals surface area contributed by atoms with E-state index in [0.717, 1.165) is 27.0 Å². The van der Waals surface area contributed by atoms with E-state index < -0.39 is 16.8 Å². The first-order chi connectivity index (χ1) is 23.0. The number of rotatable bonds is 8. The molecule has 0 unspecified atom stereocenters. The highest BCUT2D eigenvalue weighted by Crippen LogP contribution is 2.38. The summed E-state index contributed by atoms with van der Waals surface area (Å²) in [6, 6.07) is 21.0. The van der Waals surface area contributed by atoms with Crippen molar-refractivity contribution in [2.24, 2.45) is 5.10 Å². The molecule has 6 aromatic rings. The maximum atomic E-state index is 13.1. The van der Waals surface area contributed by atoms with Crippen LogP contribution < -0.4 is 15.5 Å². The quantitative estimate of drug-likeness (QED) is 0.0518. The van der Waals surface area contributed by atoms with Gasteiger partial charge in [0.2, 0.25) is 0 Å². The van der Waals surface area contributed by atoms with Crippen molar-refractivity contribution in [3.63, 3.8) is 0 Å². The second-order valence-electron chi connectivity index (χ2n) is 10.2. The Bertz CT molecular complexity index is 2320. The number of hydrogen-bond donors (Lipinski definition) is 2. The van der Waals surface area contributed by atoms with Crippen LogP contribution in [0.4, 0.5) is 11.4 Å². The number of halogens is 3. The van der Waals surface area contributed by atoms with Crippen LogP contribution in [-0.4, -0.2) is 28.9 Å². The van der Waals surface area contributed by atoms with Crippen LogP contribution in [0.25, 0.3) is 20.2 Å². The second-order valence-corrected chi connectivity index (χ2v) is 14.0. The van der Waals surface area contributed by atoms with Gasteiger partial charge in [0, 0.05) is 53.6 Å². The predicted molar refractivity (Wildman–Crippen MR) is 194 cm³/mol. The van der Waals surface area contributed by atoms with E-state index in [9.17, 15) is 24.5 Å². The average molecular weight is 782 g/mol. The molecule has 48 heavy (non-hydrogen) atoms. The summed E-state index contributed by atoms with van der Waals surface area (Å²) in [6.45, 7) is 1.97. The number of fused-ring (bicyclic) bond motifs is 2. The van der Waals surface area contributed by atoms with Crippen LogP contribution >= 0.6 is 61.8 Å². The van der Waals surface area contributed by atoms with Crippen LogP contribution in [0.3, 0.4) is 0 Å². The van der Waals surface area contributed by atoms with Crippen LogP contribution in [0.15, 0.2) is 88.4 Å². The van der Waals surface area contributed by atoms with Crippen molar-refractivity contribution in [3.8, 4) is 5.75 Å². The van der Waals surface area contributed by atoms with E-state index in [1.807, 2.05) is 25.1 Å². The standard InChI is InChI=1S/C33H19BrCl2N4O6S2/c1-16-2-9-22-25(12-16)47-29(27(22)35)32(42)38-20-6-3-17(4-7-20)31(41)39-37-15-18-13-19(34)5-11-24(18)46-33(43)30-28(36)23-10-8-21(40(44)45)14-26(23)48-30/h2-15H,1H3,(H,38,42)(H,39,41)/b37-15-. The number of non-ortho nitro benzene ring substituents is 1. The summed E-state index contributed by atoms with van der Waals surface area (Å²) in [5.41, 5.74) is 4.49. The molecule has 0 atom stereocenters. The number of hydrazone groups is 1. The molecular weight excluding hydrogens is 763 g/mol. The number of nitro benzene ring substituents is 1. The van der Waals surface area contributed by atoms with E-state index in [1.165, 1.54) is 53.9 Å². The van der Waals surface area contributed by atoms with Gasteiger partial charge in [-0.1, -0.05) is 51.3 Å². The number of amides is 2. The highest BCUT2D eigenvalue weighted by molar-refractivity contribution is 9.10. The zero-order valence-corrected chi connectivity index (χ0v) is 29.1. The molecule has 2 aromatic heterocycles. The molecule has 0 spiro atoms. The Hall–Kier alpha value is -4.66. The van der Waals surface area contributed by atoms with Gasteiger partial charge in [-0.15, -0.1) is 22.7 Å². The molecule has 10 nitrogen and oxygen atoms in total. The van der Waals surface area contributed by atoms with E-state index in [0.29, 0.717) is 35.7 Å². The molecule has 240 valence electrons. The number of hydrogen-bond acceptors (Lipinski definition) is 9. The molecule has 6 rings (SSSR count). The highest BCUT2D eigenvalue weighted by Gasteiger charge is 2.22. The van der Waals surface area contributed by atoms with E-state index in [-0.39, 0.29) is 32.8 Å². The van der Waals surface area contributed by atoms with Crippen molar-refractivity contribution in [1.82, 2.24) is 5.43 Å². The van der Waals surface area contributed by atoms with E-state index in [1.54, 1.807) is 24.3 Å². The van der Waals surface area contributed by atoms with Gasteiger partial charge in [0.05, 0.1) is 21.2 Å². The summed E-state index contributed by atoms with van der Waals surface area (Å²) in [7, 11) is 0. The monoisotopic (exact) mass is 780 g/mol. The molecule has 0 radical (unpaired) electrons. The third-order valence-electron chi connectivity index (χ3n) is 6.95. The Morgan fingerprint density at radius 3 is 2.27 bits per heavy atom. The number of nitrogens with zero attached hydrogens (tertiary/aromatic N) is 2. The minimum absolute atomic E-state index is 0.0768. The van der Waals surface area contributed by atoms with Crippen molar-refractivity contribution in [1.29, 1.82) is 0 Å². The minimum Gasteiger partial charge on any atom is -0.422 e. The van der Waals surface area contributed by atoms with Crippen molar-refractivity contribution < 1.29 is 24.0 Å². The minimum atomic E-state index is -0.762. The first kappa shape index (κ1) is 33.2. The normalized spacial score (nSPS) is 11.2. The lowest BCUT2D eigenvalue weighted by atomic mass is 10.2. The third kappa shape index (κ3) is 6.96. The Morgan fingerprint density at radius 2 is 1.54 bits per heavy atom. The molecule has 2 amide bonds. The van der Waals surface area contributed by atoms with Crippen LogP contribution in [-0.2, 0) is 0 Å². The molecular formula is C33H19BrCl2N4O6S2. The maximum absolute atomic E-state index is 13.1. The van der Waals surface area contributed by atoms with Crippen LogP contribution in [0.2, 0.25) is 10.0 Å². The molecule has 0 bridgehead atoms. The number of nitro groups is 1. The first-order valence-electron chi connectivity index (χ1n) is 13.8. The molecule has 0 saturated heterocycles. The first-order valence-corrected chi connectivity index (χ1v) is 17.0. The van der Waals surface area contributed by atoms with Crippen molar-refractivity contribution in [3.05, 3.63) is 130 Å². The average Bonchev–Trinajstić information content (AvgIpc) is 3.57.